The Bertz CT molecular complexity index is 967. The molecule has 1 saturated heterocycles. The van der Waals surface area contributed by atoms with E-state index >= 15 is 0 Å². The Labute approximate surface area is 182 Å². The highest BCUT2D eigenvalue weighted by Crippen LogP contribution is 2.32. The second-order valence-corrected chi connectivity index (χ2v) is 8.72. The second-order valence-electron chi connectivity index (χ2n) is 7.55. The van der Waals surface area contributed by atoms with E-state index < -0.39 is 5.25 Å². The number of carbonyl (C=O) groups excluding carboxylic acids is 2. The van der Waals surface area contributed by atoms with Gasteiger partial charge in [-0.3, -0.25) is 14.5 Å². The number of rotatable bonds is 7. The summed E-state index contributed by atoms with van der Waals surface area (Å²) >= 11 is 1.33. The van der Waals surface area contributed by atoms with Gasteiger partial charge in [-0.15, -0.1) is 6.58 Å². The molecule has 6 heteroatoms. The fourth-order valence-electron chi connectivity index (χ4n) is 3.15. The number of hydrogen-bond acceptors (Lipinski definition) is 4. The molecule has 0 spiro atoms. The van der Waals surface area contributed by atoms with Crippen molar-refractivity contribution < 1.29 is 9.59 Å². The van der Waals surface area contributed by atoms with Crippen LogP contribution in [-0.4, -0.2) is 33.7 Å². The molecule has 1 fully saturated rings. The van der Waals surface area contributed by atoms with Crippen molar-refractivity contribution in [1.29, 1.82) is 0 Å². The van der Waals surface area contributed by atoms with Crippen molar-refractivity contribution in [1.82, 2.24) is 4.90 Å². The SMILES string of the molecule is C=CCN1C(=O)C(CC(=O)Nc2ccc(C(C)C)cc2)SC1=Nc1ccccc1C. The van der Waals surface area contributed by atoms with Crippen LogP contribution in [0.1, 0.15) is 37.3 Å². The third kappa shape index (κ3) is 5.19. The molecule has 1 heterocycles. The van der Waals surface area contributed by atoms with Gasteiger partial charge in [0, 0.05) is 18.7 Å². The Morgan fingerprint density at radius 2 is 1.93 bits per heavy atom. The van der Waals surface area contributed by atoms with Gasteiger partial charge in [0.2, 0.25) is 11.8 Å². The van der Waals surface area contributed by atoms with E-state index in [2.05, 4.69) is 30.7 Å². The number of anilines is 1. The summed E-state index contributed by atoms with van der Waals surface area (Å²) in [5.41, 5.74) is 3.79. The van der Waals surface area contributed by atoms with E-state index in [1.165, 1.54) is 17.3 Å². The molecule has 1 unspecified atom stereocenters. The smallest absolute Gasteiger partial charge is 0.242 e. The van der Waals surface area contributed by atoms with Crippen LogP contribution in [0.3, 0.4) is 0 Å². The van der Waals surface area contributed by atoms with Crippen molar-refractivity contribution in [2.45, 2.75) is 38.4 Å². The van der Waals surface area contributed by atoms with Crippen LogP contribution in [0.5, 0.6) is 0 Å². The summed E-state index contributed by atoms with van der Waals surface area (Å²) in [4.78, 5) is 31.7. The number of aliphatic imine (C=N–C) groups is 1. The summed E-state index contributed by atoms with van der Waals surface area (Å²) in [7, 11) is 0. The number of para-hydroxylation sites is 1. The number of aryl methyl sites for hydroxylation is 1. The third-order valence-electron chi connectivity index (χ3n) is 4.90. The highest BCUT2D eigenvalue weighted by Gasteiger charge is 2.38. The van der Waals surface area contributed by atoms with Crippen molar-refractivity contribution in [3.63, 3.8) is 0 Å². The van der Waals surface area contributed by atoms with Crippen molar-refractivity contribution in [3.8, 4) is 0 Å². The normalized spacial score (nSPS) is 17.6. The molecule has 156 valence electrons. The highest BCUT2D eigenvalue weighted by atomic mass is 32.2. The van der Waals surface area contributed by atoms with Gasteiger partial charge in [0.25, 0.3) is 0 Å². The number of thioether (sulfide) groups is 1. The van der Waals surface area contributed by atoms with Gasteiger partial charge in [-0.1, -0.05) is 62.0 Å². The predicted octanol–water partition coefficient (Wildman–Crippen LogP) is 5.26. The molecule has 2 amide bonds. The number of carbonyl (C=O) groups is 2. The van der Waals surface area contributed by atoms with Crippen LogP contribution >= 0.6 is 11.8 Å². The Hall–Kier alpha value is -2.86. The molecular formula is C24H27N3O2S. The molecule has 2 aromatic rings. The second kappa shape index (κ2) is 9.76. The summed E-state index contributed by atoms with van der Waals surface area (Å²) < 4.78 is 0. The van der Waals surface area contributed by atoms with E-state index in [0.29, 0.717) is 17.6 Å². The van der Waals surface area contributed by atoms with E-state index in [1.54, 1.807) is 11.0 Å². The lowest BCUT2D eigenvalue weighted by atomic mass is 10.0. The maximum absolute atomic E-state index is 12.9. The minimum Gasteiger partial charge on any atom is -0.326 e. The van der Waals surface area contributed by atoms with E-state index in [0.717, 1.165) is 16.9 Å². The third-order valence-corrected chi connectivity index (χ3v) is 6.07. The number of benzene rings is 2. The molecule has 5 nitrogen and oxygen atoms in total. The van der Waals surface area contributed by atoms with Gasteiger partial charge in [0.05, 0.1) is 5.69 Å². The summed E-state index contributed by atoms with van der Waals surface area (Å²) in [5.74, 6) is 0.135. The van der Waals surface area contributed by atoms with Crippen molar-refractivity contribution in [2.24, 2.45) is 4.99 Å². The lowest BCUT2D eigenvalue weighted by Gasteiger charge is -2.14. The number of hydrogen-bond donors (Lipinski definition) is 1. The van der Waals surface area contributed by atoms with Crippen molar-refractivity contribution in [3.05, 3.63) is 72.3 Å². The number of amidine groups is 1. The molecule has 0 radical (unpaired) electrons. The molecule has 1 atom stereocenters. The van der Waals surface area contributed by atoms with Crippen LogP contribution in [0.4, 0.5) is 11.4 Å². The fourth-order valence-corrected chi connectivity index (χ4v) is 4.31. The van der Waals surface area contributed by atoms with Gasteiger partial charge in [0.15, 0.2) is 5.17 Å². The molecule has 2 aromatic carbocycles. The largest absolute Gasteiger partial charge is 0.326 e. The zero-order valence-electron chi connectivity index (χ0n) is 17.6. The number of nitrogens with one attached hydrogen (secondary N) is 1. The van der Waals surface area contributed by atoms with E-state index in [4.69, 9.17) is 0 Å². The summed E-state index contributed by atoms with van der Waals surface area (Å²) in [5, 5.41) is 3.00. The van der Waals surface area contributed by atoms with E-state index in [9.17, 15) is 9.59 Å². The van der Waals surface area contributed by atoms with Gasteiger partial charge in [-0.25, -0.2) is 4.99 Å². The standard InChI is InChI=1S/C24H27N3O2S/c1-5-14-27-23(29)21(30-24(27)26-20-9-7-6-8-17(20)4)15-22(28)25-19-12-10-18(11-13-19)16(2)3/h5-13,16,21H,1,14-15H2,2-4H3,(H,25,28). The molecule has 0 saturated carbocycles. The Balaban J connectivity index is 1.71. The lowest BCUT2D eigenvalue weighted by molar-refractivity contribution is -0.127. The van der Waals surface area contributed by atoms with Crippen LogP contribution < -0.4 is 5.32 Å². The number of amides is 2. The maximum atomic E-state index is 12.9. The minimum atomic E-state index is -0.498. The first-order valence-corrected chi connectivity index (χ1v) is 10.9. The predicted molar refractivity (Wildman–Crippen MR) is 125 cm³/mol. The van der Waals surface area contributed by atoms with Gasteiger partial charge in [-0.2, -0.15) is 0 Å². The summed E-state index contributed by atoms with van der Waals surface area (Å²) in [6.45, 7) is 10.3. The monoisotopic (exact) mass is 421 g/mol. The molecule has 0 aliphatic carbocycles. The first-order valence-electron chi connectivity index (χ1n) is 10.0. The molecule has 0 bridgehead atoms. The maximum Gasteiger partial charge on any atom is 0.242 e. The van der Waals surface area contributed by atoms with E-state index in [-0.39, 0.29) is 18.2 Å². The van der Waals surface area contributed by atoms with Gasteiger partial charge < -0.3 is 5.32 Å². The lowest BCUT2D eigenvalue weighted by Crippen LogP contribution is -2.33. The molecule has 0 aromatic heterocycles. The summed E-state index contributed by atoms with van der Waals surface area (Å²) in [6.07, 6.45) is 1.76. The van der Waals surface area contributed by atoms with Crippen molar-refractivity contribution in [2.75, 3.05) is 11.9 Å². The molecule has 3 rings (SSSR count). The first-order chi connectivity index (χ1) is 14.4. The van der Waals surface area contributed by atoms with Crippen LogP contribution in [0.15, 0.2) is 66.2 Å². The number of nitrogens with zero attached hydrogens (tertiary/aromatic N) is 2. The molecule has 1 aliphatic heterocycles. The van der Waals surface area contributed by atoms with Crippen LogP contribution in [-0.2, 0) is 9.59 Å². The molecule has 1 N–H and O–H groups in total. The van der Waals surface area contributed by atoms with Crippen LogP contribution in [0, 0.1) is 6.92 Å². The molecular weight excluding hydrogens is 394 g/mol. The first kappa shape index (κ1) is 21.8. The Morgan fingerprint density at radius 3 is 2.57 bits per heavy atom. The van der Waals surface area contributed by atoms with Crippen LogP contribution in [0.2, 0.25) is 0 Å². The quantitative estimate of drug-likeness (QED) is 0.620. The zero-order chi connectivity index (χ0) is 21.7. The topological polar surface area (TPSA) is 61.8 Å². The van der Waals surface area contributed by atoms with Gasteiger partial charge >= 0.3 is 0 Å². The zero-order valence-corrected chi connectivity index (χ0v) is 18.4. The Kier molecular flexibility index (Phi) is 7.11. The van der Waals surface area contributed by atoms with Gasteiger partial charge in [0.1, 0.15) is 5.25 Å². The van der Waals surface area contributed by atoms with Gasteiger partial charge in [-0.05, 0) is 42.2 Å². The highest BCUT2D eigenvalue weighted by molar-refractivity contribution is 8.15. The average Bonchev–Trinajstić information content (AvgIpc) is 2.99. The fraction of sp³-hybridized carbons (Fsp3) is 0.292. The van der Waals surface area contributed by atoms with Crippen molar-refractivity contribution >= 4 is 40.1 Å². The summed E-state index contributed by atoms with van der Waals surface area (Å²) in [6, 6.07) is 15.6. The average molecular weight is 422 g/mol. The molecule has 1 aliphatic rings. The van der Waals surface area contributed by atoms with Crippen LogP contribution in [0.25, 0.3) is 0 Å². The molecule has 30 heavy (non-hydrogen) atoms. The Morgan fingerprint density at radius 1 is 1.23 bits per heavy atom. The minimum absolute atomic E-state index is 0.0931. The van der Waals surface area contributed by atoms with E-state index in [1.807, 2.05) is 55.5 Å².